The predicted octanol–water partition coefficient (Wildman–Crippen LogP) is 2.04. The molecule has 0 unspecified atom stereocenters. The van der Waals surface area contributed by atoms with Crippen LogP contribution in [0.15, 0.2) is 0 Å². The molecule has 122 valence electrons. The largest absolute Gasteiger partial charge is 0.379 e. The minimum absolute atomic E-state index is 0.241. The van der Waals surface area contributed by atoms with Crippen molar-refractivity contribution in [2.24, 2.45) is 0 Å². The van der Waals surface area contributed by atoms with Crippen LogP contribution in [0.4, 0.5) is 0 Å². The molecule has 5 nitrogen and oxygen atoms in total. The van der Waals surface area contributed by atoms with Gasteiger partial charge in [0.15, 0.2) is 0 Å². The third kappa shape index (κ3) is 19.8. The van der Waals surface area contributed by atoms with Gasteiger partial charge in [0.25, 0.3) is 0 Å². The molecule has 0 saturated carbocycles. The van der Waals surface area contributed by atoms with E-state index in [1.54, 1.807) is 0 Å². The highest BCUT2D eigenvalue weighted by atomic mass is 16.5. The molecule has 0 atom stereocenters. The van der Waals surface area contributed by atoms with E-state index in [1.807, 2.05) is 20.8 Å². The van der Waals surface area contributed by atoms with Crippen molar-refractivity contribution in [3.8, 4) is 0 Å². The van der Waals surface area contributed by atoms with Gasteiger partial charge in [-0.1, -0.05) is 27.7 Å². The second-order valence-corrected chi connectivity index (χ2v) is 3.83. The van der Waals surface area contributed by atoms with Gasteiger partial charge in [-0.05, 0) is 6.54 Å². The summed E-state index contributed by atoms with van der Waals surface area (Å²) in [5.74, 6) is 0.241. The lowest BCUT2D eigenvalue weighted by Gasteiger charge is -2.06. The number of carbonyl (C=O) groups excluding carboxylic acids is 1. The van der Waals surface area contributed by atoms with Gasteiger partial charge in [-0.3, -0.25) is 4.79 Å². The zero-order chi connectivity index (χ0) is 15.5. The van der Waals surface area contributed by atoms with E-state index in [2.05, 4.69) is 12.2 Å². The first-order chi connectivity index (χ1) is 9.81. The highest BCUT2D eigenvalue weighted by Gasteiger charge is 1.97. The standard InChI is InChI=1S/C13H27NO4.C2H6/c1-3-13(15)5-7-16-9-11-18-12-10-17-8-6-14-4-2;1-2/h14H,3-12H2,1-2H3;1-2H3. The summed E-state index contributed by atoms with van der Waals surface area (Å²) in [6, 6.07) is 0. The number of ether oxygens (including phenoxy) is 3. The Kier molecular flexibility index (Phi) is 22.7. The van der Waals surface area contributed by atoms with Crippen LogP contribution < -0.4 is 5.32 Å². The molecule has 0 radical (unpaired) electrons. The number of carbonyl (C=O) groups is 1. The van der Waals surface area contributed by atoms with Crippen LogP contribution in [0.2, 0.25) is 0 Å². The Bertz CT molecular complexity index is 189. The van der Waals surface area contributed by atoms with Gasteiger partial charge in [-0.25, -0.2) is 0 Å². The lowest BCUT2D eigenvalue weighted by atomic mass is 10.2. The third-order valence-electron chi connectivity index (χ3n) is 2.34. The molecular formula is C15H33NO4. The van der Waals surface area contributed by atoms with Gasteiger partial charge >= 0.3 is 0 Å². The number of nitrogens with one attached hydrogen (secondary N) is 1. The highest BCUT2D eigenvalue weighted by molar-refractivity contribution is 5.78. The van der Waals surface area contributed by atoms with Gasteiger partial charge < -0.3 is 19.5 Å². The van der Waals surface area contributed by atoms with E-state index < -0.39 is 0 Å². The lowest BCUT2D eigenvalue weighted by molar-refractivity contribution is -0.119. The Balaban J connectivity index is 0. The van der Waals surface area contributed by atoms with E-state index in [9.17, 15) is 4.79 Å². The van der Waals surface area contributed by atoms with Crippen LogP contribution in [0.5, 0.6) is 0 Å². The van der Waals surface area contributed by atoms with Crippen LogP contribution in [0.3, 0.4) is 0 Å². The van der Waals surface area contributed by atoms with Gasteiger partial charge in [0.2, 0.25) is 0 Å². The van der Waals surface area contributed by atoms with Crippen LogP contribution in [0.25, 0.3) is 0 Å². The average Bonchev–Trinajstić information content (AvgIpc) is 2.50. The monoisotopic (exact) mass is 291 g/mol. The quantitative estimate of drug-likeness (QED) is 0.496. The maximum atomic E-state index is 11.0. The fourth-order valence-electron chi connectivity index (χ4n) is 1.23. The molecular weight excluding hydrogens is 258 g/mol. The zero-order valence-electron chi connectivity index (χ0n) is 13.7. The first-order valence-electron chi connectivity index (χ1n) is 7.76. The summed E-state index contributed by atoms with van der Waals surface area (Å²) in [4.78, 5) is 11.0. The number of Topliss-reactive ketones (excluding diaryl/α,β-unsaturated/α-hetero) is 1. The molecule has 1 N–H and O–H groups in total. The van der Waals surface area contributed by atoms with E-state index in [0.717, 1.165) is 13.1 Å². The first-order valence-corrected chi connectivity index (χ1v) is 7.76. The number of rotatable bonds is 14. The van der Waals surface area contributed by atoms with Crippen molar-refractivity contribution >= 4 is 5.78 Å². The van der Waals surface area contributed by atoms with Gasteiger partial charge in [0.1, 0.15) is 5.78 Å². The molecule has 0 aliphatic rings. The summed E-state index contributed by atoms with van der Waals surface area (Å²) < 4.78 is 15.9. The summed E-state index contributed by atoms with van der Waals surface area (Å²) >= 11 is 0. The maximum absolute atomic E-state index is 11.0. The second-order valence-electron chi connectivity index (χ2n) is 3.83. The van der Waals surface area contributed by atoms with E-state index in [4.69, 9.17) is 14.2 Å². The molecule has 0 bridgehead atoms. The van der Waals surface area contributed by atoms with Crippen molar-refractivity contribution in [1.29, 1.82) is 0 Å². The van der Waals surface area contributed by atoms with E-state index in [0.29, 0.717) is 52.5 Å². The highest BCUT2D eigenvalue weighted by Crippen LogP contribution is 1.90. The van der Waals surface area contributed by atoms with Crippen LogP contribution in [-0.2, 0) is 19.0 Å². The molecule has 0 fully saturated rings. The molecule has 0 amide bonds. The van der Waals surface area contributed by atoms with Crippen LogP contribution >= 0.6 is 0 Å². The normalized spacial score (nSPS) is 10.0. The van der Waals surface area contributed by atoms with Gasteiger partial charge in [-0.2, -0.15) is 0 Å². The van der Waals surface area contributed by atoms with E-state index in [-0.39, 0.29) is 5.78 Å². The topological polar surface area (TPSA) is 56.8 Å². The summed E-state index contributed by atoms with van der Waals surface area (Å²) in [6.45, 7) is 13.3. The van der Waals surface area contributed by atoms with E-state index >= 15 is 0 Å². The maximum Gasteiger partial charge on any atom is 0.134 e. The summed E-state index contributed by atoms with van der Waals surface area (Å²) in [5, 5.41) is 3.17. The first kappa shape index (κ1) is 21.8. The molecule has 0 rings (SSSR count). The average molecular weight is 291 g/mol. The van der Waals surface area contributed by atoms with Crippen molar-refractivity contribution < 1.29 is 19.0 Å². The van der Waals surface area contributed by atoms with Crippen LogP contribution in [-0.4, -0.2) is 58.5 Å². The SMILES string of the molecule is CC.CCNCCOCCOCCOCCC(=O)CC. The molecule has 5 heteroatoms. The minimum Gasteiger partial charge on any atom is -0.379 e. The Labute approximate surface area is 124 Å². The van der Waals surface area contributed by atoms with Crippen LogP contribution in [0.1, 0.15) is 40.5 Å². The van der Waals surface area contributed by atoms with Crippen molar-refractivity contribution in [2.75, 3.05) is 52.7 Å². The van der Waals surface area contributed by atoms with E-state index in [1.165, 1.54) is 0 Å². The Morgan fingerprint density at radius 3 is 1.85 bits per heavy atom. The molecule has 0 aliphatic carbocycles. The molecule has 0 aromatic rings. The van der Waals surface area contributed by atoms with Crippen molar-refractivity contribution in [2.45, 2.75) is 40.5 Å². The van der Waals surface area contributed by atoms with Crippen molar-refractivity contribution in [3.63, 3.8) is 0 Å². The Morgan fingerprint density at radius 2 is 1.35 bits per heavy atom. The second kappa shape index (κ2) is 20.8. The predicted molar refractivity (Wildman–Crippen MR) is 82.3 cm³/mol. The number of ketones is 1. The van der Waals surface area contributed by atoms with Crippen molar-refractivity contribution in [1.82, 2.24) is 5.32 Å². The van der Waals surface area contributed by atoms with Gasteiger partial charge in [0, 0.05) is 19.4 Å². The molecule has 20 heavy (non-hydrogen) atoms. The molecule has 0 saturated heterocycles. The minimum atomic E-state index is 0.241. The smallest absolute Gasteiger partial charge is 0.134 e. The number of hydrogen-bond donors (Lipinski definition) is 1. The molecule has 0 aromatic carbocycles. The zero-order valence-corrected chi connectivity index (χ0v) is 13.7. The fraction of sp³-hybridized carbons (Fsp3) is 0.933. The van der Waals surface area contributed by atoms with Gasteiger partial charge in [0.05, 0.1) is 39.6 Å². The fourth-order valence-corrected chi connectivity index (χ4v) is 1.23. The van der Waals surface area contributed by atoms with Gasteiger partial charge in [-0.15, -0.1) is 0 Å². The summed E-state index contributed by atoms with van der Waals surface area (Å²) in [6.07, 6.45) is 1.09. The molecule has 0 aliphatic heterocycles. The summed E-state index contributed by atoms with van der Waals surface area (Å²) in [5.41, 5.74) is 0. The summed E-state index contributed by atoms with van der Waals surface area (Å²) in [7, 11) is 0. The molecule has 0 aromatic heterocycles. The molecule has 0 heterocycles. The Morgan fingerprint density at radius 1 is 0.850 bits per heavy atom. The lowest BCUT2D eigenvalue weighted by Crippen LogP contribution is -2.20. The third-order valence-corrected chi connectivity index (χ3v) is 2.34. The molecule has 0 spiro atoms. The number of likely N-dealkylation sites (N-methyl/N-ethyl adjacent to an activating group) is 1. The van der Waals surface area contributed by atoms with Crippen molar-refractivity contribution in [3.05, 3.63) is 0 Å². The Hall–Kier alpha value is -0.490. The van der Waals surface area contributed by atoms with Crippen LogP contribution in [0, 0.1) is 0 Å². The number of hydrogen-bond acceptors (Lipinski definition) is 5.